The standard InChI is InChI=1S/C18H19F2N3OS/c1-10-5-11(7-13(6-10)25-2)15-14-3-4-18(19,20)16(14)22-17(21-15)23-8-12(24)9-23/h5-7,12,24H,3-4,8-9H2,1-2H3. The minimum Gasteiger partial charge on any atom is -0.389 e. The number of rotatable bonds is 3. The van der Waals surface area contributed by atoms with Crippen LogP contribution in [0, 0.1) is 6.92 Å². The molecule has 1 aliphatic heterocycles. The number of aliphatic hydroxyl groups excluding tert-OH is 1. The summed E-state index contributed by atoms with van der Waals surface area (Å²) in [6, 6.07) is 6.04. The second kappa shape index (κ2) is 5.92. The molecule has 0 saturated carbocycles. The first-order valence-electron chi connectivity index (χ1n) is 8.25. The lowest BCUT2D eigenvalue weighted by atomic mass is 10.0. The van der Waals surface area contributed by atoms with Gasteiger partial charge in [0.15, 0.2) is 0 Å². The Morgan fingerprint density at radius 2 is 2.00 bits per heavy atom. The third kappa shape index (κ3) is 2.89. The van der Waals surface area contributed by atoms with Crippen molar-refractivity contribution in [3.8, 4) is 11.3 Å². The highest BCUT2D eigenvalue weighted by atomic mass is 32.2. The van der Waals surface area contributed by atoms with Crippen LogP contribution >= 0.6 is 11.8 Å². The van der Waals surface area contributed by atoms with Crippen molar-refractivity contribution in [3.05, 3.63) is 35.0 Å². The normalized spacial score (nSPS) is 19.0. The van der Waals surface area contributed by atoms with Gasteiger partial charge in [0, 0.05) is 35.5 Å². The number of aromatic nitrogens is 2. The highest BCUT2D eigenvalue weighted by Gasteiger charge is 2.44. The molecule has 1 aromatic heterocycles. The Labute approximate surface area is 149 Å². The van der Waals surface area contributed by atoms with Crippen LogP contribution in [0.5, 0.6) is 0 Å². The van der Waals surface area contributed by atoms with Crippen LogP contribution in [0.25, 0.3) is 11.3 Å². The van der Waals surface area contributed by atoms with E-state index in [4.69, 9.17) is 0 Å². The van der Waals surface area contributed by atoms with Gasteiger partial charge in [-0.25, -0.2) is 9.97 Å². The molecule has 0 radical (unpaired) electrons. The maximum absolute atomic E-state index is 14.3. The van der Waals surface area contributed by atoms with Gasteiger partial charge in [-0.3, -0.25) is 0 Å². The second-order valence-corrected chi connectivity index (χ2v) is 7.58. The van der Waals surface area contributed by atoms with Crippen molar-refractivity contribution in [3.63, 3.8) is 0 Å². The van der Waals surface area contributed by atoms with E-state index in [2.05, 4.69) is 16.0 Å². The number of anilines is 1. The fourth-order valence-corrected chi connectivity index (χ4v) is 3.96. The van der Waals surface area contributed by atoms with Crippen molar-refractivity contribution in [1.29, 1.82) is 0 Å². The van der Waals surface area contributed by atoms with Gasteiger partial charge in [-0.2, -0.15) is 8.78 Å². The molecular formula is C18H19F2N3OS. The van der Waals surface area contributed by atoms with Crippen molar-refractivity contribution in [1.82, 2.24) is 9.97 Å². The Morgan fingerprint density at radius 1 is 1.24 bits per heavy atom. The summed E-state index contributed by atoms with van der Waals surface area (Å²) in [5.41, 5.74) is 2.91. The Balaban J connectivity index is 1.88. The number of thioether (sulfide) groups is 1. The molecule has 1 aromatic carbocycles. The predicted octanol–water partition coefficient (Wildman–Crippen LogP) is 3.39. The Morgan fingerprint density at radius 3 is 2.68 bits per heavy atom. The lowest BCUT2D eigenvalue weighted by Gasteiger charge is -2.36. The SMILES string of the molecule is CSc1cc(C)cc(-c2nc(N3CC(O)C3)nc3c2CCC3(F)F)c1. The monoisotopic (exact) mass is 363 g/mol. The van der Waals surface area contributed by atoms with Crippen LogP contribution in [0.4, 0.5) is 14.7 Å². The summed E-state index contributed by atoms with van der Waals surface area (Å²) in [6.45, 7) is 2.76. The van der Waals surface area contributed by atoms with E-state index >= 15 is 0 Å². The van der Waals surface area contributed by atoms with Gasteiger partial charge in [0.1, 0.15) is 5.69 Å². The maximum atomic E-state index is 14.3. The molecule has 0 amide bonds. The number of alkyl halides is 2. The molecule has 1 fully saturated rings. The van der Waals surface area contributed by atoms with E-state index in [1.165, 1.54) is 0 Å². The lowest BCUT2D eigenvalue weighted by molar-refractivity contribution is -0.00596. The van der Waals surface area contributed by atoms with Crippen molar-refractivity contribution >= 4 is 17.7 Å². The number of hydrogen-bond donors (Lipinski definition) is 1. The van der Waals surface area contributed by atoms with Gasteiger partial charge in [-0.1, -0.05) is 0 Å². The smallest absolute Gasteiger partial charge is 0.290 e. The molecule has 0 atom stereocenters. The van der Waals surface area contributed by atoms with Crippen molar-refractivity contribution in [2.45, 2.75) is 36.7 Å². The number of aliphatic hydroxyl groups is 1. The first-order chi connectivity index (χ1) is 11.9. The van der Waals surface area contributed by atoms with Gasteiger partial charge < -0.3 is 10.0 Å². The summed E-state index contributed by atoms with van der Waals surface area (Å²) < 4.78 is 28.7. The van der Waals surface area contributed by atoms with Crippen LogP contribution in [0.2, 0.25) is 0 Å². The molecule has 4 rings (SSSR count). The predicted molar refractivity (Wildman–Crippen MR) is 94.4 cm³/mol. The zero-order chi connectivity index (χ0) is 17.8. The summed E-state index contributed by atoms with van der Waals surface area (Å²) in [6.07, 6.45) is 1.60. The topological polar surface area (TPSA) is 49.2 Å². The number of aryl methyl sites for hydroxylation is 1. The minimum absolute atomic E-state index is 0.152. The summed E-state index contributed by atoms with van der Waals surface area (Å²) in [4.78, 5) is 11.6. The minimum atomic E-state index is -2.92. The molecule has 0 bridgehead atoms. The third-order valence-electron chi connectivity index (χ3n) is 4.74. The molecule has 0 unspecified atom stereocenters. The lowest BCUT2D eigenvalue weighted by Crippen LogP contribution is -2.51. The van der Waals surface area contributed by atoms with Gasteiger partial charge in [0.05, 0.1) is 11.8 Å². The average Bonchev–Trinajstić information content (AvgIpc) is 2.86. The van der Waals surface area contributed by atoms with E-state index in [-0.39, 0.29) is 24.5 Å². The van der Waals surface area contributed by atoms with E-state index < -0.39 is 12.0 Å². The molecule has 7 heteroatoms. The van der Waals surface area contributed by atoms with Crippen LogP contribution in [-0.4, -0.2) is 40.5 Å². The molecule has 2 aromatic rings. The molecule has 1 N–H and O–H groups in total. The fourth-order valence-electron chi connectivity index (χ4n) is 3.41. The first-order valence-corrected chi connectivity index (χ1v) is 9.48. The quantitative estimate of drug-likeness (QED) is 0.847. The van der Waals surface area contributed by atoms with Gasteiger partial charge in [0.2, 0.25) is 5.95 Å². The van der Waals surface area contributed by atoms with Crippen LogP contribution in [0.1, 0.15) is 23.2 Å². The number of hydrogen-bond acceptors (Lipinski definition) is 5. The summed E-state index contributed by atoms with van der Waals surface area (Å²) >= 11 is 1.62. The van der Waals surface area contributed by atoms with E-state index in [1.807, 2.05) is 25.3 Å². The van der Waals surface area contributed by atoms with Crippen molar-refractivity contribution in [2.75, 3.05) is 24.2 Å². The Bertz CT molecular complexity index is 837. The van der Waals surface area contributed by atoms with Gasteiger partial charge in [-0.05, 0) is 43.4 Å². The van der Waals surface area contributed by atoms with Crippen LogP contribution in [0.3, 0.4) is 0 Å². The maximum Gasteiger partial charge on any atom is 0.290 e. The van der Waals surface area contributed by atoms with E-state index in [0.717, 1.165) is 16.0 Å². The highest BCUT2D eigenvalue weighted by molar-refractivity contribution is 7.98. The molecule has 1 aliphatic carbocycles. The Hall–Kier alpha value is -1.73. The van der Waals surface area contributed by atoms with Gasteiger partial charge in [-0.15, -0.1) is 11.8 Å². The molecule has 2 heterocycles. The summed E-state index contributed by atoms with van der Waals surface area (Å²) in [7, 11) is 0. The van der Waals surface area contributed by atoms with E-state index in [9.17, 15) is 13.9 Å². The molecular weight excluding hydrogens is 344 g/mol. The number of benzene rings is 1. The van der Waals surface area contributed by atoms with Gasteiger partial charge >= 0.3 is 0 Å². The first kappa shape index (κ1) is 16.7. The zero-order valence-electron chi connectivity index (χ0n) is 14.1. The summed E-state index contributed by atoms with van der Waals surface area (Å²) in [5.74, 6) is -2.63. The highest BCUT2D eigenvalue weighted by Crippen LogP contribution is 2.45. The van der Waals surface area contributed by atoms with Crippen molar-refractivity contribution < 1.29 is 13.9 Å². The fraction of sp³-hybridized carbons (Fsp3) is 0.444. The van der Waals surface area contributed by atoms with Crippen LogP contribution in [-0.2, 0) is 12.3 Å². The largest absolute Gasteiger partial charge is 0.389 e. The molecule has 2 aliphatic rings. The van der Waals surface area contributed by atoms with Gasteiger partial charge in [0.25, 0.3) is 5.92 Å². The summed E-state index contributed by atoms with van der Waals surface area (Å²) in [5, 5.41) is 9.52. The van der Waals surface area contributed by atoms with Crippen molar-refractivity contribution in [2.24, 2.45) is 0 Å². The number of nitrogens with zero attached hydrogens (tertiary/aromatic N) is 3. The zero-order valence-corrected chi connectivity index (χ0v) is 14.9. The molecule has 132 valence electrons. The average molecular weight is 363 g/mol. The van der Waals surface area contributed by atoms with E-state index in [1.54, 1.807) is 16.7 Å². The number of halogens is 2. The van der Waals surface area contributed by atoms with Crippen LogP contribution in [0.15, 0.2) is 23.1 Å². The number of β-amino-alcohol motifs (C(OH)–C–C–N with tert-alkyl or cyclic N) is 1. The molecule has 4 nitrogen and oxygen atoms in total. The Kier molecular flexibility index (Phi) is 3.96. The van der Waals surface area contributed by atoms with Crippen LogP contribution < -0.4 is 4.90 Å². The molecule has 0 spiro atoms. The van der Waals surface area contributed by atoms with E-state index in [0.29, 0.717) is 24.3 Å². The third-order valence-corrected chi connectivity index (χ3v) is 5.44. The number of fused-ring (bicyclic) bond motifs is 1. The molecule has 1 saturated heterocycles. The second-order valence-electron chi connectivity index (χ2n) is 6.70. The molecule has 25 heavy (non-hydrogen) atoms.